The van der Waals surface area contributed by atoms with Crippen LogP contribution in [0.2, 0.25) is 0 Å². The highest BCUT2D eigenvalue weighted by Gasteiger charge is 2.14. The molecule has 1 aromatic rings. The van der Waals surface area contributed by atoms with E-state index in [4.69, 9.17) is 0 Å². The number of carbonyl (C=O) groups is 1. The van der Waals surface area contributed by atoms with Crippen LogP contribution in [-0.4, -0.2) is 28.0 Å². The van der Waals surface area contributed by atoms with Gasteiger partial charge in [-0.25, -0.2) is 4.98 Å². The van der Waals surface area contributed by atoms with E-state index in [9.17, 15) is 4.79 Å². The Morgan fingerprint density at radius 2 is 2.10 bits per heavy atom. The quantitative estimate of drug-likeness (QED) is 0.781. The van der Waals surface area contributed by atoms with E-state index in [2.05, 4.69) is 22.5 Å². The Labute approximate surface area is 121 Å². The first-order valence-corrected chi connectivity index (χ1v) is 7.78. The zero-order valence-electron chi connectivity index (χ0n) is 12.4. The van der Waals surface area contributed by atoms with Crippen LogP contribution in [0.25, 0.3) is 0 Å². The highest BCUT2D eigenvalue weighted by molar-refractivity contribution is 5.76. The summed E-state index contributed by atoms with van der Waals surface area (Å²) in [5.41, 5.74) is 0.981. The Bertz CT molecular complexity index is 408. The molecule has 1 saturated carbocycles. The van der Waals surface area contributed by atoms with E-state index in [1.807, 2.05) is 10.8 Å². The van der Waals surface area contributed by atoms with Crippen molar-refractivity contribution in [3.8, 4) is 0 Å². The van der Waals surface area contributed by atoms with Gasteiger partial charge in [-0.1, -0.05) is 32.6 Å². The molecule has 20 heavy (non-hydrogen) atoms. The average Bonchev–Trinajstić information content (AvgIpc) is 2.70. The van der Waals surface area contributed by atoms with E-state index < -0.39 is 0 Å². The maximum Gasteiger partial charge on any atom is 0.240 e. The minimum Gasteiger partial charge on any atom is -0.352 e. The van der Waals surface area contributed by atoms with Crippen LogP contribution < -0.4 is 10.6 Å². The fourth-order valence-corrected chi connectivity index (χ4v) is 2.70. The molecule has 5 heteroatoms. The topological polar surface area (TPSA) is 59.0 Å². The van der Waals surface area contributed by atoms with Crippen LogP contribution in [0.4, 0.5) is 0 Å². The predicted molar refractivity (Wildman–Crippen MR) is 79.2 cm³/mol. The van der Waals surface area contributed by atoms with Gasteiger partial charge in [0.15, 0.2) is 0 Å². The summed E-state index contributed by atoms with van der Waals surface area (Å²) in [5.74, 6) is 0.101. The first-order valence-electron chi connectivity index (χ1n) is 7.78. The summed E-state index contributed by atoms with van der Waals surface area (Å²) in [6.07, 6.45) is 11.0. The van der Waals surface area contributed by atoms with Gasteiger partial charge >= 0.3 is 0 Å². The monoisotopic (exact) mass is 278 g/mol. The maximum atomic E-state index is 12.0. The van der Waals surface area contributed by atoms with Crippen molar-refractivity contribution in [3.05, 3.63) is 18.2 Å². The van der Waals surface area contributed by atoms with Gasteiger partial charge in [0.1, 0.15) is 6.54 Å². The summed E-state index contributed by atoms with van der Waals surface area (Å²) in [6.45, 7) is 4.12. The number of hydrogen-bond acceptors (Lipinski definition) is 3. The van der Waals surface area contributed by atoms with Gasteiger partial charge in [0.25, 0.3) is 0 Å². The van der Waals surface area contributed by atoms with Crippen LogP contribution in [0.15, 0.2) is 12.5 Å². The molecule has 1 fully saturated rings. The standard InChI is InChI=1S/C15H26N4O/c1-2-16-9-14-10-19(12-17-14)11-15(20)18-13-7-5-3-4-6-8-13/h10,12-13,16H,2-9,11H2,1H3,(H,18,20). The fraction of sp³-hybridized carbons (Fsp3) is 0.733. The van der Waals surface area contributed by atoms with Crippen molar-refractivity contribution in [2.75, 3.05) is 6.54 Å². The van der Waals surface area contributed by atoms with E-state index in [1.165, 1.54) is 25.7 Å². The molecule has 1 aromatic heterocycles. The molecular formula is C15H26N4O. The van der Waals surface area contributed by atoms with Crippen molar-refractivity contribution in [2.24, 2.45) is 0 Å². The van der Waals surface area contributed by atoms with E-state index >= 15 is 0 Å². The number of carbonyl (C=O) groups excluding carboxylic acids is 1. The molecular weight excluding hydrogens is 252 g/mol. The third-order valence-corrected chi connectivity index (χ3v) is 3.79. The summed E-state index contributed by atoms with van der Waals surface area (Å²) in [7, 11) is 0. The third kappa shape index (κ3) is 4.96. The lowest BCUT2D eigenvalue weighted by Gasteiger charge is -2.16. The minimum absolute atomic E-state index is 0.101. The average molecular weight is 278 g/mol. The second-order valence-corrected chi connectivity index (χ2v) is 5.57. The summed E-state index contributed by atoms with van der Waals surface area (Å²) in [6, 6.07) is 0.370. The van der Waals surface area contributed by atoms with Gasteiger partial charge in [-0.3, -0.25) is 4.79 Å². The van der Waals surface area contributed by atoms with E-state index in [0.717, 1.165) is 31.6 Å². The Hall–Kier alpha value is -1.36. The Balaban J connectivity index is 1.76. The largest absolute Gasteiger partial charge is 0.352 e. The van der Waals surface area contributed by atoms with Crippen LogP contribution in [0.1, 0.15) is 51.1 Å². The van der Waals surface area contributed by atoms with Gasteiger partial charge in [0, 0.05) is 18.8 Å². The molecule has 112 valence electrons. The second-order valence-electron chi connectivity index (χ2n) is 5.57. The minimum atomic E-state index is 0.101. The van der Waals surface area contributed by atoms with Crippen molar-refractivity contribution in [2.45, 2.75) is 64.6 Å². The third-order valence-electron chi connectivity index (χ3n) is 3.79. The molecule has 0 aromatic carbocycles. The van der Waals surface area contributed by atoms with Gasteiger partial charge in [0.2, 0.25) is 5.91 Å². The highest BCUT2D eigenvalue weighted by atomic mass is 16.2. The summed E-state index contributed by atoms with van der Waals surface area (Å²) in [4.78, 5) is 16.3. The molecule has 0 atom stereocenters. The normalized spacial score (nSPS) is 16.9. The molecule has 1 aliphatic carbocycles. The lowest BCUT2D eigenvalue weighted by molar-refractivity contribution is -0.122. The lowest BCUT2D eigenvalue weighted by Crippen LogP contribution is -2.36. The second kappa shape index (κ2) is 8.04. The van der Waals surface area contributed by atoms with Crippen LogP contribution >= 0.6 is 0 Å². The lowest BCUT2D eigenvalue weighted by atomic mass is 10.1. The van der Waals surface area contributed by atoms with Gasteiger partial charge in [-0.2, -0.15) is 0 Å². The van der Waals surface area contributed by atoms with E-state index in [-0.39, 0.29) is 5.91 Å². The number of aromatic nitrogens is 2. The van der Waals surface area contributed by atoms with Crippen LogP contribution in [-0.2, 0) is 17.9 Å². The smallest absolute Gasteiger partial charge is 0.240 e. The van der Waals surface area contributed by atoms with Crippen LogP contribution in [0, 0.1) is 0 Å². The van der Waals surface area contributed by atoms with Crippen LogP contribution in [0.3, 0.4) is 0 Å². The number of nitrogens with one attached hydrogen (secondary N) is 2. The zero-order chi connectivity index (χ0) is 14.2. The van der Waals surface area contributed by atoms with E-state index in [0.29, 0.717) is 12.6 Å². The van der Waals surface area contributed by atoms with E-state index in [1.54, 1.807) is 6.33 Å². The van der Waals surface area contributed by atoms with Crippen molar-refractivity contribution < 1.29 is 4.79 Å². The number of nitrogens with zero attached hydrogens (tertiary/aromatic N) is 2. The Morgan fingerprint density at radius 3 is 2.80 bits per heavy atom. The Kier molecular flexibility index (Phi) is 6.05. The highest BCUT2D eigenvalue weighted by Crippen LogP contribution is 2.17. The Morgan fingerprint density at radius 1 is 1.35 bits per heavy atom. The number of hydrogen-bond donors (Lipinski definition) is 2. The SMILES string of the molecule is CCNCc1cn(CC(=O)NC2CCCCCC2)cn1. The predicted octanol–water partition coefficient (Wildman–Crippen LogP) is 1.83. The van der Waals surface area contributed by atoms with Crippen molar-refractivity contribution in [3.63, 3.8) is 0 Å². The molecule has 0 unspecified atom stereocenters. The molecule has 1 amide bonds. The first kappa shape index (κ1) is 15.0. The number of imidazole rings is 1. The maximum absolute atomic E-state index is 12.0. The number of amides is 1. The van der Waals surface area contributed by atoms with Crippen molar-refractivity contribution in [1.29, 1.82) is 0 Å². The van der Waals surface area contributed by atoms with Crippen molar-refractivity contribution >= 4 is 5.91 Å². The molecule has 1 aliphatic rings. The summed E-state index contributed by atoms with van der Waals surface area (Å²) < 4.78 is 1.86. The van der Waals surface area contributed by atoms with Gasteiger partial charge in [0.05, 0.1) is 12.0 Å². The number of rotatable bonds is 6. The molecule has 0 spiro atoms. The van der Waals surface area contributed by atoms with Crippen LogP contribution in [0.5, 0.6) is 0 Å². The molecule has 2 rings (SSSR count). The summed E-state index contributed by atoms with van der Waals surface area (Å²) >= 11 is 0. The molecule has 1 heterocycles. The zero-order valence-corrected chi connectivity index (χ0v) is 12.4. The first-order chi connectivity index (χ1) is 9.78. The van der Waals surface area contributed by atoms with Gasteiger partial charge in [-0.15, -0.1) is 0 Å². The fourth-order valence-electron chi connectivity index (χ4n) is 2.70. The van der Waals surface area contributed by atoms with Gasteiger partial charge in [-0.05, 0) is 19.4 Å². The molecule has 5 nitrogen and oxygen atoms in total. The molecule has 0 radical (unpaired) electrons. The van der Waals surface area contributed by atoms with Gasteiger partial charge < -0.3 is 15.2 Å². The van der Waals surface area contributed by atoms with Crippen molar-refractivity contribution in [1.82, 2.24) is 20.2 Å². The summed E-state index contributed by atoms with van der Waals surface area (Å²) in [5, 5.41) is 6.38. The molecule has 0 aliphatic heterocycles. The molecule has 0 bridgehead atoms. The molecule has 2 N–H and O–H groups in total. The molecule has 0 saturated heterocycles.